The molecule has 0 saturated carbocycles. The standard InChI is InChI=1S/C32H34N4O2S/c1-21(2)18-33-27(37)19-35-28(38)20-39-31(26-13-9-8-10-23(26)4)29-30(24-11-6-5-7-12-24)34-36(32(29)35)25-16-14-22(3)15-17-25/h5-17,21,31H,18-20H2,1-4H3,(H,33,37). The fourth-order valence-electron chi connectivity index (χ4n) is 4.84. The number of anilines is 1. The van der Waals surface area contributed by atoms with Gasteiger partial charge in [0.1, 0.15) is 12.4 Å². The topological polar surface area (TPSA) is 67.2 Å². The smallest absolute Gasteiger partial charge is 0.240 e. The second kappa shape index (κ2) is 11.5. The molecule has 1 N–H and O–H groups in total. The number of aromatic nitrogens is 2. The molecule has 0 aliphatic carbocycles. The van der Waals surface area contributed by atoms with Crippen molar-refractivity contribution in [2.45, 2.75) is 32.9 Å². The van der Waals surface area contributed by atoms with E-state index in [0.29, 0.717) is 18.3 Å². The van der Waals surface area contributed by atoms with Crippen molar-refractivity contribution < 1.29 is 9.59 Å². The molecule has 5 rings (SSSR count). The van der Waals surface area contributed by atoms with E-state index in [1.807, 2.05) is 78.3 Å². The van der Waals surface area contributed by atoms with Crippen LogP contribution < -0.4 is 10.2 Å². The Hall–Kier alpha value is -3.84. The molecule has 0 spiro atoms. The van der Waals surface area contributed by atoms with Crippen LogP contribution in [0.3, 0.4) is 0 Å². The minimum Gasteiger partial charge on any atom is -0.354 e. The summed E-state index contributed by atoms with van der Waals surface area (Å²) < 4.78 is 1.85. The number of hydrogen-bond acceptors (Lipinski definition) is 4. The lowest BCUT2D eigenvalue weighted by Crippen LogP contribution is -2.43. The molecule has 4 aromatic rings. The molecule has 0 radical (unpaired) electrons. The maximum Gasteiger partial charge on any atom is 0.240 e. The van der Waals surface area contributed by atoms with Gasteiger partial charge in [0, 0.05) is 17.7 Å². The zero-order valence-corrected chi connectivity index (χ0v) is 23.7. The summed E-state index contributed by atoms with van der Waals surface area (Å²) in [6, 6.07) is 26.5. The van der Waals surface area contributed by atoms with Gasteiger partial charge in [0.25, 0.3) is 0 Å². The highest BCUT2D eigenvalue weighted by Crippen LogP contribution is 2.49. The molecule has 1 aliphatic heterocycles. The van der Waals surface area contributed by atoms with E-state index in [1.165, 1.54) is 0 Å². The van der Waals surface area contributed by atoms with E-state index in [2.05, 4.69) is 38.2 Å². The first-order valence-corrected chi connectivity index (χ1v) is 14.4. The Bertz CT molecular complexity index is 1480. The first kappa shape index (κ1) is 26.8. The van der Waals surface area contributed by atoms with Crippen LogP contribution in [0.1, 0.15) is 41.4 Å². The highest BCUT2D eigenvalue weighted by molar-refractivity contribution is 8.00. The van der Waals surface area contributed by atoms with Gasteiger partial charge in [0.05, 0.1) is 22.4 Å². The van der Waals surface area contributed by atoms with E-state index < -0.39 is 0 Å². The fourth-order valence-corrected chi connectivity index (χ4v) is 6.13. The maximum atomic E-state index is 13.8. The number of thioether (sulfide) groups is 1. The summed E-state index contributed by atoms with van der Waals surface area (Å²) in [5.74, 6) is 0.937. The first-order valence-electron chi connectivity index (χ1n) is 13.3. The first-order chi connectivity index (χ1) is 18.8. The SMILES string of the molecule is Cc1ccc(-n2nc(-c3ccccc3)c3c2N(CC(=O)NCC(C)C)C(=O)CSC3c2ccccc2C)cc1. The predicted molar refractivity (Wildman–Crippen MR) is 159 cm³/mol. The van der Waals surface area contributed by atoms with E-state index in [9.17, 15) is 9.59 Å². The number of carbonyl (C=O) groups excluding carboxylic acids is 2. The van der Waals surface area contributed by atoms with Gasteiger partial charge >= 0.3 is 0 Å². The van der Waals surface area contributed by atoms with Gasteiger partial charge < -0.3 is 5.32 Å². The van der Waals surface area contributed by atoms with Crippen LogP contribution in [0, 0.1) is 19.8 Å². The molecular formula is C32H34N4O2S. The number of aryl methyl sites for hydroxylation is 2. The van der Waals surface area contributed by atoms with E-state index in [-0.39, 0.29) is 29.4 Å². The highest BCUT2D eigenvalue weighted by atomic mass is 32.2. The second-order valence-corrected chi connectivity index (χ2v) is 11.5. The van der Waals surface area contributed by atoms with Crippen molar-refractivity contribution in [1.82, 2.24) is 15.1 Å². The molecule has 0 bridgehead atoms. The zero-order valence-electron chi connectivity index (χ0n) is 22.8. The van der Waals surface area contributed by atoms with Gasteiger partial charge in [-0.25, -0.2) is 4.68 Å². The summed E-state index contributed by atoms with van der Waals surface area (Å²) in [6.45, 7) is 8.75. The Balaban J connectivity index is 1.77. The molecule has 1 aromatic heterocycles. The summed E-state index contributed by atoms with van der Waals surface area (Å²) in [4.78, 5) is 28.5. The summed E-state index contributed by atoms with van der Waals surface area (Å²) >= 11 is 1.59. The van der Waals surface area contributed by atoms with E-state index >= 15 is 0 Å². The van der Waals surface area contributed by atoms with Crippen LogP contribution in [0.15, 0.2) is 78.9 Å². The number of nitrogens with one attached hydrogen (secondary N) is 1. The van der Waals surface area contributed by atoms with Gasteiger partial charge in [-0.3, -0.25) is 14.5 Å². The Labute approximate surface area is 234 Å². The fraction of sp³-hybridized carbons (Fsp3) is 0.281. The average molecular weight is 539 g/mol. The number of carbonyl (C=O) groups is 2. The van der Waals surface area contributed by atoms with Gasteiger partial charge in [-0.15, -0.1) is 11.8 Å². The average Bonchev–Trinajstić information content (AvgIpc) is 3.26. The van der Waals surface area contributed by atoms with E-state index in [0.717, 1.165) is 39.2 Å². The van der Waals surface area contributed by atoms with Crippen LogP contribution in [0.5, 0.6) is 0 Å². The molecule has 0 saturated heterocycles. The van der Waals surface area contributed by atoms with Crippen molar-refractivity contribution in [2.75, 3.05) is 23.7 Å². The molecular weight excluding hydrogens is 504 g/mol. The van der Waals surface area contributed by atoms with Crippen LogP contribution >= 0.6 is 11.8 Å². The lowest BCUT2D eigenvalue weighted by atomic mass is 9.97. The second-order valence-electron chi connectivity index (χ2n) is 10.4. The monoisotopic (exact) mass is 538 g/mol. The third-order valence-corrected chi connectivity index (χ3v) is 8.13. The summed E-state index contributed by atoms with van der Waals surface area (Å²) in [6.07, 6.45) is 0. The number of benzene rings is 3. The van der Waals surface area contributed by atoms with Crippen molar-refractivity contribution in [2.24, 2.45) is 5.92 Å². The molecule has 6 nitrogen and oxygen atoms in total. The molecule has 39 heavy (non-hydrogen) atoms. The summed E-state index contributed by atoms with van der Waals surface area (Å²) in [5, 5.41) is 8.01. The highest BCUT2D eigenvalue weighted by Gasteiger charge is 2.38. The van der Waals surface area contributed by atoms with E-state index in [1.54, 1.807) is 16.7 Å². The Morgan fingerprint density at radius 2 is 1.69 bits per heavy atom. The molecule has 7 heteroatoms. The minimum atomic E-state index is -0.180. The largest absolute Gasteiger partial charge is 0.354 e. The zero-order chi connectivity index (χ0) is 27.5. The number of nitrogens with zero attached hydrogens (tertiary/aromatic N) is 3. The molecule has 1 unspecified atom stereocenters. The van der Waals surface area contributed by atoms with Gasteiger partial charge in [-0.1, -0.05) is 86.1 Å². The molecule has 1 aliphatic rings. The van der Waals surface area contributed by atoms with Crippen molar-refractivity contribution in [3.8, 4) is 16.9 Å². The van der Waals surface area contributed by atoms with Crippen LogP contribution in [-0.4, -0.2) is 40.4 Å². The molecule has 200 valence electrons. The van der Waals surface area contributed by atoms with Crippen LogP contribution in [0.4, 0.5) is 5.82 Å². The van der Waals surface area contributed by atoms with Gasteiger partial charge in [-0.05, 0) is 43.0 Å². The van der Waals surface area contributed by atoms with Crippen molar-refractivity contribution >= 4 is 29.4 Å². The molecule has 2 amide bonds. The number of fused-ring (bicyclic) bond motifs is 1. The Morgan fingerprint density at radius 3 is 2.38 bits per heavy atom. The van der Waals surface area contributed by atoms with Crippen LogP contribution in [0.25, 0.3) is 16.9 Å². The van der Waals surface area contributed by atoms with Crippen molar-refractivity contribution in [3.63, 3.8) is 0 Å². The normalized spacial score (nSPS) is 15.3. The molecule has 0 fully saturated rings. The Kier molecular flexibility index (Phi) is 7.89. The molecule has 2 heterocycles. The lowest BCUT2D eigenvalue weighted by Gasteiger charge is -2.23. The van der Waals surface area contributed by atoms with Crippen LogP contribution in [0.2, 0.25) is 0 Å². The van der Waals surface area contributed by atoms with Gasteiger partial charge in [0.2, 0.25) is 11.8 Å². The van der Waals surface area contributed by atoms with Crippen molar-refractivity contribution in [3.05, 3.63) is 101 Å². The third-order valence-electron chi connectivity index (χ3n) is 6.89. The van der Waals surface area contributed by atoms with Crippen LogP contribution in [-0.2, 0) is 9.59 Å². The number of rotatable bonds is 7. The minimum absolute atomic E-state index is 0.0641. The Morgan fingerprint density at radius 1 is 1.00 bits per heavy atom. The quantitative estimate of drug-likeness (QED) is 0.309. The predicted octanol–water partition coefficient (Wildman–Crippen LogP) is 6.10. The summed E-state index contributed by atoms with van der Waals surface area (Å²) in [5.41, 5.74) is 7.00. The number of amides is 2. The van der Waals surface area contributed by atoms with Gasteiger partial charge in [0.15, 0.2) is 0 Å². The van der Waals surface area contributed by atoms with Gasteiger partial charge in [-0.2, -0.15) is 5.10 Å². The molecule has 3 aromatic carbocycles. The summed E-state index contributed by atoms with van der Waals surface area (Å²) in [7, 11) is 0. The third kappa shape index (κ3) is 5.64. The van der Waals surface area contributed by atoms with E-state index in [4.69, 9.17) is 5.10 Å². The molecule has 1 atom stereocenters. The maximum absolute atomic E-state index is 13.8. The lowest BCUT2D eigenvalue weighted by molar-refractivity contribution is -0.123. The number of hydrogen-bond donors (Lipinski definition) is 1. The van der Waals surface area contributed by atoms with Crippen molar-refractivity contribution in [1.29, 1.82) is 0 Å².